The van der Waals surface area contributed by atoms with E-state index in [1.807, 2.05) is 13.0 Å². The van der Waals surface area contributed by atoms with Gasteiger partial charge in [0, 0.05) is 16.9 Å². The zero-order valence-electron chi connectivity index (χ0n) is 10.9. The van der Waals surface area contributed by atoms with Gasteiger partial charge in [-0.15, -0.1) is 0 Å². The lowest BCUT2D eigenvalue weighted by molar-refractivity contribution is 0.102. The molecule has 0 aromatic heterocycles. The van der Waals surface area contributed by atoms with Crippen molar-refractivity contribution < 1.29 is 9.53 Å². The van der Waals surface area contributed by atoms with Crippen molar-refractivity contribution in [3.05, 3.63) is 53.6 Å². The summed E-state index contributed by atoms with van der Waals surface area (Å²) in [4.78, 5) is 12.1. The molecule has 0 unspecified atom stereocenters. The van der Waals surface area contributed by atoms with Gasteiger partial charge in [0.2, 0.25) is 0 Å². The minimum atomic E-state index is -0.191. The van der Waals surface area contributed by atoms with Gasteiger partial charge in [-0.2, -0.15) is 0 Å². The second kappa shape index (κ2) is 5.44. The summed E-state index contributed by atoms with van der Waals surface area (Å²) in [6.45, 7) is 1.93. The summed E-state index contributed by atoms with van der Waals surface area (Å²) in [6.07, 6.45) is 0. The van der Waals surface area contributed by atoms with Crippen molar-refractivity contribution in [3.8, 4) is 5.75 Å². The number of nitrogens with two attached hydrogens (primary N) is 1. The van der Waals surface area contributed by atoms with E-state index in [-0.39, 0.29) is 5.91 Å². The standard InChI is InChI=1S/C15H16N2O2/c1-10-6-7-11(8-14(10)19-2)15(18)17-13-5-3-4-12(16)9-13/h3-9H,16H2,1-2H3,(H,17,18). The summed E-state index contributed by atoms with van der Waals surface area (Å²) < 4.78 is 5.21. The molecule has 0 heterocycles. The van der Waals surface area contributed by atoms with E-state index in [9.17, 15) is 4.79 Å². The molecule has 0 aliphatic heterocycles. The van der Waals surface area contributed by atoms with Crippen LogP contribution >= 0.6 is 0 Å². The molecule has 2 aromatic carbocycles. The first kappa shape index (κ1) is 13.0. The molecule has 0 spiro atoms. The number of anilines is 2. The molecule has 4 heteroatoms. The SMILES string of the molecule is COc1cc(C(=O)Nc2cccc(N)c2)ccc1C. The first-order valence-corrected chi connectivity index (χ1v) is 5.91. The molecular weight excluding hydrogens is 240 g/mol. The summed E-state index contributed by atoms with van der Waals surface area (Å²) in [6, 6.07) is 12.4. The topological polar surface area (TPSA) is 64.3 Å². The smallest absolute Gasteiger partial charge is 0.255 e. The largest absolute Gasteiger partial charge is 0.496 e. The average molecular weight is 256 g/mol. The summed E-state index contributed by atoms with van der Waals surface area (Å²) in [5.41, 5.74) is 8.48. The predicted octanol–water partition coefficient (Wildman–Crippen LogP) is 2.84. The van der Waals surface area contributed by atoms with Crippen LogP contribution in [0.2, 0.25) is 0 Å². The molecule has 0 fully saturated rings. The van der Waals surface area contributed by atoms with Crippen LogP contribution in [0.25, 0.3) is 0 Å². The Morgan fingerprint density at radius 2 is 2.00 bits per heavy atom. The van der Waals surface area contributed by atoms with E-state index in [1.165, 1.54) is 0 Å². The molecular formula is C15H16N2O2. The molecule has 0 atom stereocenters. The molecule has 0 bridgehead atoms. The minimum Gasteiger partial charge on any atom is -0.496 e. The van der Waals surface area contributed by atoms with E-state index in [0.29, 0.717) is 22.7 Å². The van der Waals surface area contributed by atoms with Crippen LogP contribution in [0, 0.1) is 6.92 Å². The van der Waals surface area contributed by atoms with Crippen molar-refractivity contribution in [2.45, 2.75) is 6.92 Å². The summed E-state index contributed by atoms with van der Waals surface area (Å²) in [5.74, 6) is 0.504. The first-order valence-electron chi connectivity index (χ1n) is 5.91. The third-order valence-electron chi connectivity index (χ3n) is 2.81. The highest BCUT2D eigenvalue weighted by molar-refractivity contribution is 6.04. The number of rotatable bonds is 3. The van der Waals surface area contributed by atoms with E-state index >= 15 is 0 Å². The number of aryl methyl sites for hydroxylation is 1. The van der Waals surface area contributed by atoms with Crippen molar-refractivity contribution >= 4 is 17.3 Å². The van der Waals surface area contributed by atoms with E-state index in [2.05, 4.69) is 5.32 Å². The molecule has 4 nitrogen and oxygen atoms in total. The lowest BCUT2D eigenvalue weighted by Crippen LogP contribution is -2.12. The van der Waals surface area contributed by atoms with Gasteiger partial charge in [-0.25, -0.2) is 0 Å². The number of ether oxygens (including phenoxy) is 1. The Labute approximate surface area is 112 Å². The number of methoxy groups -OCH3 is 1. The number of hydrogen-bond donors (Lipinski definition) is 2. The van der Waals surface area contributed by atoms with E-state index < -0.39 is 0 Å². The molecule has 2 rings (SSSR count). The number of carbonyl (C=O) groups is 1. The molecule has 0 radical (unpaired) electrons. The Morgan fingerprint density at radius 3 is 2.68 bits per heavy atom. The Bertz CT molecular complexity index is 609. The monoisotopic (exact) mass is 256 g/mol. The molecule has 1 amide bonds. The Balaban J connectivity index is 2.20. The molecule has 0 saturated carbocycles. The molecule has 2 aromatic rings. The van der Waals surface area contributed by atoms with Gasteiger partial charge in [0.1, 0.15) is 5.75 Å². The number of hydrogen-bond acceptors (Lipinski definition) is 3. The highest BCUT2D eigenvalue weighted by Crippen LogP contribution is 2.20. The number of nitrogens with one attached hydrogen (secondary N) is 1. The maximum atomic E-state index is 12.1. The van der Waals surface area contributed by atoms with Crippen LogP contribution in [-0.4, -0.2) is 13.0 Å². The Kier molecular flexibility index (Phi) is 3.71. The van der Waals surface area contributed by atoms with Crippen LogP contribution in [0.15, 0.2) is 42.5 Å². The van der Waals surface area contributed by atoms with Gasteiger partial charge in [0.05, 0.1) is 7.11 Å². The molecule has 0 aliphatic carbocycles. The average Bonchev–Trinajstić information content (AvgIpc) is 2.39. The van der Waals surface area contributed by atoms with Gasteiger partial charge in [-0.3, -0.25) is 4.79 Å². The van der Waals surface area contributed by atoms with Crippen LogP contribution in [0.5, 0.6) is 5.75 Å². The van der Waals surface area contributed by atoms with Gasteiger partial charge in [0.15, 0.2) is 0 Å². The third-order valence-corrected chi connectivity index (χ3v) is 2.81. The summed E-state index contributed by atoms with van der Waals surface area (Å²) >= 11 is 0. The van der Waals surface area contributed by atoms with Crippen LogP contribution in [-0.2, 0) is 0 Å². The quantitative estimate of drug-likeness (QED) is 0.830. The molecule has 19 heavy (non-hydrogen) atoms. The van der Waals surface area contributed by atoms with Crippen LogP contribution in [0.3, 0.4) is 0 Å². The summed E-state index contributed by atoms with van der Waals surface area (Å²) in [7, 11) is 1.59. The normalized spacial score (nSPS) is 10.0. The van der Waals surface area contributed by atoms with Crippen LogP contribution < -0.4 is 15.8 Å². The number of amides is 1. The number of carbonyl (C=O) groups excluding carboxylic acids is 1. The van der Waals surface area contributed by atoms with Crippen molar-refractivity contribution in [1.29, 1.82) is 0 Å². The van der Waals surface area contributed by atoms with Crippen molar-refractivity contribution in [1.82, 2.24) is 0 Å². The molecule has 0 aliphatic rings. The number of nitrogen functional groups attached to an aromatic ring is 1. The first-order chi connectivity index (χ1) is 9.10. The lowest BCUT2D eigenvalue weighted by Gasteiger charge is -2.09. The van der Waals surface area contributed by atoms with E-state index in [4.69, 9.17) is 10.5 Å². The second-order valence-corrected chi connectivity index (χ2v) is 4.26. The lowest BCUT2D eigenvalue weighted by atomic mass is 10.1. The second-order valence-electron chi connectivity index (χ2n) is 4.26. The maximum absolute atomic E-state index is 12.1. The fourth-order valence-electron chi connectivity index (χ4n) is 1.78. The van der Waals surface area contributed by atoms with Gasteiger partial charge in [-0.1, -0.05) is 12.1 Å². The highest BCUT2D eigenvalue weighted by atomic mass is 16.5. The van der Waals surface area contributed by atoms with Crippen LogP contribution in [0.1, 0.15) is 15.9 Å². The fraction of sp³-hybridized carbons (Fsp3) is 0.133. The predicted molar refractivity (Wildman–Crippen MR) is 76.5 cm³/mol. The molecule has 3 N–H and O–H groups in total. The van der Waals surface area contributed by atoms with Gasteiger partial charge >= 0.3 is 0 Å². The van der Waals surface area contributed by atoms with E-state index in [1.54, 1.807) is 43.5 Å². The fourth-order valence-corrected chi connectivity index (χ4v) is 1.78. The van der Waals surface area contributed by atoms with Crippen LogP contribution in [0.4, 0.5) is 11.4 Å². The van der Waals surface area contributed by atoms with Gasteiger partial charge in [-0.05, 0) is 42.8 Å². The number of benzene rings is 2. The zero-order valence-corrected chi connectivity index (χ0v) is 10.9. The van der Waals surface area contributed by atoms with Crippen molar-refractivity contribution in [2.75, 3.05) is 18.2 Å². The van der Waals surface area contributed by atoms with Crippen molar-refractivity contribution in [2.24, 2.45) is 0 Å². The third kappa shape index (κ3) is 3.04. The summed E-state index contributed by atoms with van der Waals surface area (Å²) in [5, 5.41) is 2.80. The maximum Gasteiger partial charge on any atom is 0.255 e. The Hall–Kier alpha value is -2.49. The Morgan fingerprint density at radius 1 is 1.21 bits per heavy atom. The zero-order chi connectivity index (χ0) is 13.8. The van der Waals surface area contributed by atoms with E-state index in [0.717, 1.165) is 5.56 Å². The minimum absolute atomic E-state index is 0.191. The molecule has 98 valence electrons. The van der Waals surface area contributed by atoms with Crippen molar-refractivity contribution in [3.63, 3.8) is 0 Å². The van der Waals surface area contributed by atoms with Gasteiger partial charge in [0.25, 0.3) is 5.91 Å². The van der Waals surface area contributed by atoms with Gasteiger partial charge < -0.3 is 15.8 Å². The highest BCUT2D eigenvalue weighted by Gasteiger charge is 2.08. The molecule has 0 saturated heterocycles.